The van der Waals surface area contributed by atoms with Gasteiger partial charge in [0, 0.05) is 15.6 Å². The first-order valence-corrected chi connectivity index (χ1v) is 6.48. The van der Waals surface area contributed by atoms with E-state index >= 15 is 0 Å². The summed E-state index contributed by atoms with van der Waals surface area (Å²) in [6.07, 6.45) is 0. The van der Waals surface area contributed by atoms with Gasteiger partial charge in [-0.15, -0.1) is 5.46 Å². The quantitative estimate of drug-likeness (QED) is 0.747. The summed E-state index contributed by atoms with van der Waals surface area (Å²) in [5.41, 5.74) is -0.0817. The monoisotopic (exact) mass is 319 g/mol. The highest BCUT2D eigenvalue weighted by molar-refractivity contribution is 6.73. The highest BCUT2D eigenvalue weighted by Crippen LogP contribution is 2.22. The summed E-state index contributed by atoms with van der Waals surface area (Å²) in [5.74, 6) is 0.137. The van der Waals surface area contributed by atoms with Gasteiger partial charge in [0.1, 0.15) is 12.4 Å². The van der Waals surface area contributed by atoms with Crippen molar-refractivity contribution in [2.45, 2.75) is 6.61 Å². The molecule has 0 saturated carbocycles. The highest BCUT2D eigenvalue weighted by atomic mass is 35.5. The van der Waals surface area contributed by atoms with Crippen molar-refractivity contribution in [2.24, 2.45) is 0 Å². The molecule has 0 saturated heterocycles. The van der Waals surface area contributed by atoms with Crippen molar-refractivity contribution in [1.82, 2.24) is 0 Å². The van der Waals surface area contributed by atoms with Crippen LogP contribution in [0, 0.1) is 0 Å². The molecule has 0 bridgehead atoms. The van der Waals surface area contributed by atoms with Gasteiger partial charge in [-0.05, 0) is 30.3 Å². The minimum absolute atomic E-state index is 0.0493. The van der Waals surface area contributed by atoms with E-state index in [2.05, 4.69) is 0 Å². The molecule has 0 heterocycles. The molecule has 20 heavy (non-hydrogen) atoms. The fourth-order valence-corrected chi connectivity index (χ4v) is 1.99. The van der Waals surface area contributed by atoms with Crippen LogP contribution in [0.5, 0.6) is 5.75 Å². The van der Waals surface area contributed by atoms with Crippen LogP contribution in [0.15, 0.2) is 42.5 Å². The third-order valence-corrected chi connectivity index (χ3v) is 3.24. The Bertz CT molecular complexity index is 617. The molecule has 0 spiro atoms. The lowest BCUT2D eigenvalue weighted by atomic mass is 9.80. The molecule has 2 aromatic carbocycles. The molecular weight excluding hydrogens is 311 g/mol. The third kappa shape index (κ3) is 3.84. The second kappa shape index (κ2) is 5.98. The summed E-state index contributed by atoms with van der Waals surface area (Å²) < 4.78 is 43.2. The van der Waals surface area contributed by atoms with E-state index in [0.29, 0.717) is 15.6 Å². The van der Waals surface area contributed by atoms with E-state index in [4.69, 9.17) is 27.9 Å². The second-order valence-electron chi connectivity index (χ2n) is 4.17. The Morgan fingerprint density at radius 3 is 2.45 bits per heavy atom. The van der Waals surface area contributed by atoms with Gasteiger partial charge < -0.3 is 17.7 Å². The second-order valence-corrected chi connectivity index (χ2v) is 5.02. The van der Waals surface area contributed by atoms with E-state index in [0.717, 1.165) is 12.1 Å². The lowest BCUT2D eigenvalue weighted by molar-refractivity contribution is 0.306. The fourth-order valence-electron chi connectivity index (χ4n) is 1.62. The van der Waals surface area contributed by atoms with Crippen LogP contribution < -0.4 is 10.2 Å². The van der Waals surface area contributed by atoms with Crippen LogP contribution in [0.3, 0.4) is 0 Å². The minimum Gasteiger partial charge on any atom is -0.489 e. The summed E-state index contributed by atoms with van der Waals surface area (Å²) in [4.78, 5) is 0. The summed E-state index contributed by atoms with van der Waals surface area (Å²) in [6.45, 7) is -4.99. The zero-order chi connectivity index (χ0) is 14.8. The molecule has 0 N–H and O–H groups in total. The van der Waals surface area contributed by atoms with E-state index in [9.17, 15) is 12.9 Å². The maximum Gasteiger partial charge on any atom is 0.509 e. The fraction of sp³-hybridized carbons (Fsp3) is 0.0769. The standard InChI is InChI=1S/C13H9BCl2F3O/c15-11-4-5-13(16)9(6-11)8-20-12-3-1-2-10(7-12)14(17,18)19/h1-7H,8H2/q-1. The molecule has 0 atom stereocenters. The topological polar surface area (TPSA) is 9.23 Å². The Morgan fingerprint density at radius 1 is 1.00 bits per heavy atom. The van der Waals surface area contributed by atoms with Crippen molar-refractivity contribution in [3.05, 3.63) is 58.1 Å². The first-order valence-electron chi connectivity index (χ1n) is 5.73. The Labute approximate surface area is 124 Å². The number of halogens is 5. The van der Waals surface area contributed by atoms with E-state index in [1.807, 2.05) is 0 Å². The number of hydrogen-bond donors (Lipinski definition) is 0. The summed E-state index contributed by atoms with van der Waals surface area (Å²) in [7, 11) is 0. The average Bonchev–Trinajstić information content (AvgIpc) is 2.39. The van der Waals surface area contributed by atoms with Crippen LogP contribution in [0.25, 0.3) is 0 Å². The summed E-state index contributed by atoms with van der Waals surface area (Å²) >= 11 is 11.8. The number of ether oxygens (including phenoxy) is 1. The van der Waals surface area contributed by atoms with Gasteiger partial charge >= 0.3 is 6.98 Å². The van der Waals surface area contributed by atoms with Crippen LogP contribution in [-0.4, -0.2) is 6.98 Å². The molecular formula is C13H9BCl2F3O-. The molecule has 1 nitrogen and oxygen atoms in total. The van der Waals surface area contributed by atoms with Gasteiger partial charge in [-0.3, -0.25) is 0 Å². The van der Waals surface area contributed by atoms with Crippen molar-refractivity contribution in [1.29, 1.82) is 0 Å². The Hall–Kier alpha value is -1.33. The van der Waals surface area contributed by atoms with Gasteiger partial charge in [-0.2, -0.15) is 0 Å². The van der Waals surface area contributed by atoms with Crippen molar-refractivity contribution in [2.75, 3.05) is 0 Å². The van der Waals surface area contributed by atoms with E-state index in [-0.39, 0.29) is 12.4 Å². The molecule has 0 aliphatic carbocycles. The largest absolute Gasteiger partial charge is 0.509 e. The molecule has 0 radical (unpaired) electrons. The van der Waals surface area contributed by atoms with Crippen molar-refractivity contribution in [3.63, 3.8) is 0 Å². The molecule has 0 unspecified atom stereocenters. The molecule has 2 aromatic rings. The van der Waals surface area contributed by atoms with E-state index in [1.165, 1.54) is 12.1 Å². The first-order chi connectivity index (χ1) is 9.36. The molecule has 0 fully saturated rings. The van der Waals surface area contributed by atoms with Crippen molar-refractivity contribution in [3.8, 4) is 5.75 Å². The predicted molar refractivity (Wildman–Crippen MR) is 75.9 cm³/mol. The Balaban J connectivity index is 2.13. The zero-order valence-corrected chi connectivity index (χ0v) is 11.6. The van der Waals surface area contributed by atoms with Gasteiger partial charge in [0.2, 0.25) is 0 Å². The van der Waals surface area contributed by atoms with E-state index in [1.54, 1.807) is 18.2 Å². The van der Waals surface area contributed by atoms with Crippen molar-refractivity contribution >= 4 is 35.6 Å². The molecule has 0 amide bonds. The molecule has 7 heteroatoms. The maximum atomic E-state index is 12.6. The normalized spacial score (nSPS) is 11.4. The highest BCUT2D eigenvalue weighted by Gasteiger charge is 2.25. The van der Waals surface area contributed by atoms with Crippen LogP contribution in [0.4, 0.5) is 12.9 Å². The van der Waals surface area contributed by atoms with Gasteiger partial charge in [0.25, 0.3) is 0 Å². The Kier molecular flexibility index (Phi) is 4.50. The van der Waals surface area contributed by atoms with Gasteiger partial charge in [-0.25, -0.2) is 0 Å². The number of rotatable bonds is 4. The van der Waals surface area contributed by atoms with Crippen LogP contribution in [-0.2, 0) is 6.61 Å². The Morgan fingerprint density at radius 2 is 1.75 bits per heavy atom. The smallest absolute Gasteiger partial charge is 0.489 e. The molecule has 2 rings (SSSR count). The SMILES string of the molecule is F[B-](F)(F)c1cccc(OCc2cc(Cl)ccc2Cl)c1. The molecule has 0 aliphatic rings. The predicted octanol–water partition coefficient (Wildman–Crippen LogP) is 4.63. The molecule has 0 aliphatic heterocycles. The third-order valence-electron chi connectivity index (χ3n) is 2.64. The maximum absolute atomic E-state index is 12.6. The van der Waals surface area contributed by atoms with Crippen molar-refractivity contribution < 1.29 is 17.7 Å². The summed E-state index contributed by atoms with van der Waals surface area (Å²) in [5, 5.41) is 0.936. The van der Waals surface area contributed by atoms with Gasteiger partial charge in [0.15, 0.2) is 0 Å². The van der Waals surface area contributed by atoms with E-state index < -0.39 is 12.4 Å². The average molecular weight is 320 g/mol. The van der Waals surface area contributed by atoms with Crippen LogP contribution in [0.2, 0.25) is 10.0 Å². The number of benzene rings is 2. The molecule has 0 aromatic heterocycles. The van der Waals surface area contributed by atoms with Gasteiger partial charge in [-0.1, -0.05) is 35.3 Å². The van der Waals surface area contributed by atoms with Crippen LogP contribution >= 0.6 is 23.2 Å². The minimum atomic E-state index is -5.04. The van der Waals surface area contributed by atoms with Crippen LogP contribution in [0.1, 0.15) is 5.56 Å². The van der Waals surface area contributed by atoms with Gasteiger partial charge in [0.05, 0.1) is 0 Å². The lowest BCUT2D eigenvalue weighted by Crippen LogP contribution is -2.33. The lowest BCUT2D eigenvalue weighted by Gasteiger charge is -2.16. The number of hydrogen-bond acceptors (Lipinski definition) is 1. The zero-order valence-electron chi connectivity index (χ0n) is 10.1. The summed E-state index contributed by atoms with van der Waals surface area (Å²) in [6, 6.07) is 9.60. The molecule has 106 valence electrons. The first kappa shape index (κ1) is 15.1.